The fourth-order valence-corrected chi connectivity index (χ4v) is 3.16. The summed E-state index contributed by atoms with van der Waals surface area (Å²) < 4.78 is 1.31. The van der Waals surface area contributed by atoms with Crippen LogP contribution in [-0.2, 0) is 6.54 Å². The van der Waals surface area contributed by atoms with Gasteiger partial charge in [0.2, 0.25) is 0 Å². The van der Waals surface area contributed by atoms with Crippen LogP contribution in [0.1, 0.15) is 50.0 Å². The highest BCUT2D eigenvalue weighted by Gasteiger charge is 2.17. The molecule has 1 heterocycles. The van der Waals surface area contributed by atoms with Crippen LogP contribution >= 0.6 is 0 Å². The molecule has 0 saturated heterocycles. The van der Waals surface area contributed by atoms with Gasteiger partial charge >= 0.3 is 0 Å². The third kappa shape index (κ3) is 3.22. The molecule has 1 amide bonds. The highest BCUT2D eigenvalue weighted by Crippen LogP contribution is 2.21. The molecule has 0 aliphatic heterocycles. The molecule has 2 aromatic rings. The van der Waals surface area contributed by atoms with Gasteiger partial charge in [0.05, 0.1) is 5.39 Å². The molecular weight excluding hydrogens is 304 g/mol. The first kappa shape index (κ1) is 16.4. The maximum absolute atomic E-state index is 12.6. The third-order valence-corrected chi connectivity index (χ3v) is 4.44. The first-order valence-corrected chi connectivity index (χ1v) is 8.45. The van der Waals surface area contributed by atoms with Crippen molar-refractivity contribution in [1.29, 1.82) is 0 Å². The zero-order chi connectivity index (χ0) is 17.1. The second kappa shape index (κ2) is 6.95. The molecule has 1 aliphatic carbocycles. The van der Waals surface area contributed by atoms with Crippen LogP contribution in [0.3, 0.4) is 0 Å². The van der Waals surface area contributed by atoms with Crippen molar-refractivity contribution in [3.05, 3.63) is 40.3 Å². The standard InChI is InChI=1S/C18H22N4O2/c1-3-22-18(24)15-10-5-4-9-14(15)16(21-22)17(23)20-19-13-8-6-7-12(2)11-13/h4-5,9-10,12H,3,6-8,11H2,1-2H3,(H,20,23)/b19-13-/t12-/m0/s1. The third-order valence-electron chi connectivity index (χ3n) is 4.44. The SMILES string of the molecule is CCn1nc(C(=O)N/N=C2/CCC[C@H](C)C2)c2ccccc2c1=O. The topological polar surface area (TPSA) is 76.3 Å². The number of nitrogens with zero attached hydrogens (tertiary/aromatic N) is 3. The fraction of sp³-hybridized carbons (Fsp3) is 0.444. The maximum Gasteiger partial charge on any atom is 0.292 e. The van der Waals surface area contributed by atoms with E-state index in [9.17, 15) is 9.59 Å². The second-order valence-electron chi connectivity index (χ2n) is 6.34. The van der Waals surface area contributed by atoms with Crippen LogP contribution in [0.2, 0.25) is 0 Å². The summed E-state index contributed by atoms with van der Waals surface area (Å²) in [6.07, 6.45) is 4.16. The van der Waals surface area contributed by atoms with E-state index < -0.39 is 0 Å². The molecule has 0 unspecified atom stereocenters. The quantitative estimate of drug-likeness (QED) is 0.881. The van der Waals surface area contributed by atoms with Crippen LogP contribution in [0.25, 0.3) is 10.8 Å². The summed E-state index contributed by atoms with van der Waals surface area (Å²) in [5.41, 5.74) is 3.70. The van der Waals surface area contributed by atoms with Crippen molar-refractivity contribution in [3.8, 4) is 0 Å². The van der Waals surface area contributed by atoms with Crippen LogP contribution < -0.4 is 11.0 Å². The molecule has 0 bridgehead atoms. The van der Waals surface area contributed by atoms with E-state index in [1.165, 1.54) is 11.1 Å². The molecule has 6 heteroatoms. The Labute approximate surface area is 140 Å². The van der Waals surface area contributed by atoms with Crippen LogP contribution in [0.4, 0.5) is 0 Å². The molecule has 1 fully saturated rings. The second-order valence-corrected chi connectivity index (χ2v) is 6.34. The zero-order valence-corrected chi connectivity index (χ0v) is 14.1. The summed E-state index contributed by atoms with van der Waals surface area (Å²) in [7, 11) is 0. The molecule has 1 atom stereocenters. The minimum atomic E-state index is -0.376. The average molecular weight is 326 g/mol. The first-order chi connectivity index (χ1) is 11.6. The van der Waals surface area contributed by atoms with Crippen LogP contribution in [0.5, 0.6) is 0 Å². The Morgan fingerprint density at radius 1 is 1.38 bits per heavy atom. The Hall–Kier alpha value is -2.50. The Morgan fingerprint density at radius 2 is 2.12 bits per heavy atom. The molecule has 1 saturated carbocycles. The number of amides is 1. The molecule has 1 N–H and O–H groups in total. The number of hydrogen-bond donors (Lipinski definition) is 1. The fourth-order valence-electron chi connectivity index (χ4n) is 3.16. The predicted molar refractivity (Wildman–Crippen MR) is 94.2 cm³/mol. The number of aryl methyl sites for hydroxylation is 1. The van der Waals surface area contributed by atoms with Crippen molar-refractivity contribution in [2.24, 2.45) is 11.0 Å². The van der Waals surface area contributed by atoms with Gasteiger partial charge in [-0.3, -0.25) is 9.59 Å². The molecule has 126 valence electrons. The minimum absolute atomic E-state index is 0.183. The van der Waals surface area contributed by atoms with E-state index in [0.29, 0.717) is 23.2 Å². The normalized spacial score (nSPS) is 19.6. The largest absolute Gasteiger partial charge is 0.292 e. The molecule has 1 aliphatic rings. The lowest BCUT2D eigenvalue weighted by atomic mass is 9.89. The van der Waals surface area contributed by atoms with Crippen molar-refractivity contribution in [2.75, 3.05) is 0 Å². The van der Waals surface area contributed by atoms with Gasteiger partial charge in [-0.1, -0.05) is 25.1 Å². The summed E-state index contributed by atoms with van der Waals surface area (Å²) in [4.78, 5) is 24.9. The van der Waals surface area contributed by atoms with Gasteiger partial charge in [-0.2, -0.15) is 10.2 Å². The predicted octanol–water partition coefficient (Wildman–Crippen LogP) is 2.71. The van der Waals surface area contributed by atoms with Gasteiger partial charge in [0.25, 0.3) is 11.5 Å². The molecule has 1 aromatic carbocycles. The van der Waals surface area contributed by atoms with Crippen molar-refractivity contribution in [1.82, 2.24) is 15.2 Å². The molecule has 6 nitrogen and oxygen atoms in total. The lowest BCUT2D eigenvalue weighted by molar-refractivity contribution is 0.0949. The molecule has 3 rings (SSSR count). The number of nitrogens with one attached hydrogen (secondary N) is 1. The number of benzene rings is 1. The van der Waals surface area contributed by atoms with Crippen molar-refractivity contribution in [3.63, 3.8) is 0 Å². The Morgan fingerprint density at radius 3 is 2.83 bits per heavy atom. The average Bonchev–Trinajstić information content (AvgIpc) is 2.60. The van der Waals surface area contributed by atoms with Crippen molar-refractivity contribution in [2.45, 2.75) is 46.1 Å². The number of carbonyl (C=O) groups is 1. The molecule has 0 radical (unpaired) electrons. The summed E-state index contributed by atoms with van der Waals surface area (Å²) >= 11 is 0. The van der Waals surface area contributed by atoms with E-state index in [0.717, 1.165) is 25.0 Å². The number of aromatic nitrogens is 2. The van der Waals surface area contributed by atoms with Crippen molar-refractivity contribution < 1.29 is 4.79 Å². The summed E-state index contributed by atoms with van der Waals surface area (Å²) in [5, 5.41) is 9.56. The Bertz CT molecular complexity index is 854. The van der Waals surface area contributed by atoms with Gasteiger partial charge in [0.15, 0.2) is 5.69 Å². The molecule has 1 aromatic heterocycles. The van der Waals surface area contributed by atoms with Crippen LogP contribution in [-0.4, -0.2) is 21.4 Å². The van der Waals surface area contributed by atoms with Crippen LogP contribution in [0.15, 0.2) is 34.2 Å². The summed E-state index contributed by atoms with van der Waals surface area (Å²) in [5.74, 6) is 0.231. The first-order valence-electron chi connectivity index (χ1n) is 8.45. The number of hydrogen-bond acceptors (Lipinski definition) is 4. The summed E-state index contributed by atoms with van der Waals surface area (Å²) in [6, 6.07) is 7.05. The lowest BCUT2D eigenvalue weighted by Gasteiger charge is -2.19. The van der Waals surface area contributed by atoms with E-state index in [-0.39, 0.29) is 17.2 Å². The van der Waals surface area contributed by atoms with E-state index in [4.69, 9.17) is 0 Å². The number of fused-ring (bicyclic) bond motifs is 1. The Balaban J connectivity index is 1.93. The van der Waals surface area contributed by atoms with Gasteiger partial charge in [0, 0.05) is 17.6 Å². The van der Waals surface area contributed by atoms with E-state index in [2.05, 4.69) is 22.5 Å². The smallest absolute Gasteiger partial charge is 0.267 e. The molecule has 0 spiro atoms. The van der Waals surface area contributed by atoms with Gasteiger partial charge in [-0.25, -0.2) is 10.1 Å². The molecular formula is C18H22N4O2. The van der Waals surface area contributed by atoms with E-state index in [1.54, 1.807) is 24.3 Å². The zero-order valence-electron chi connectivity index (χ0n) is 14.1. The highest BCUT2D eigenvalue weighted by molar-refractivity contribution is 6.05. The van der Waals surface area contributed by atoms with Crippen molar-refractivity contribution >= 4 is 22.4 Å². The lowest BCUT2D eigenvalue weighted by Crippen LogP contribution is -2.29. The highest BCUT2D eigenvalue weighted by atomic mass is 16.2. The maximum atomic E-state index is 12.6. The van der Waals surface area contributed by atoms with Gasteiger partial charge in [-0.15, -0.1) is 0 Å². The van der Waals surface area contributed by atoms with E-state index >= 15 is 0 Å². The van der Waals surface area contributed by atoms with Gasteiger partial charge in [-0.05, 0) is 44.6 Å². The molecule has 24 heavy (non-hydrogen) atoms. The number of hydrazone groups is 1. The van der Waals surface area contributed by atoms with Gasteiger partial charge < -0.3 is 0 Å². The number of rotatable bonds is 3. The monoisotopic (exact) mass is 326 g/mol. The van der Waals surface area contributed by atoms with Crippen LogP contribution in [0, 0.1) is 5.92 Å². The minimum Gasteiger partial charge on any atom is -0.267 e. The number of carbonyl (C=O) groups excluding carboxylic acids is 1. The van der Waals surface area contributed by atoms with Gasteiger partial charge in [0.1, 0.15) is 0 Å². The summed E-state index contributed by atoms with van der Waals surface area (Å²) in [6.45, 7) is 4.44. The Kier molecular flexibility index (Phi) is 4.74. The van der Waals surface area contributed by atoms with E-state index in [1.807, 2.05) is 6.92 Å².